The number of anilines is 1. The highest BCUT2D eigenvalue weighted by atomic mass is 35.5. The molecule has 0 aromatic heterocycles. The van der Waals surface area contributed by atoms with Gasteiger partial charge in [0.05, 0.1) is 4.90 Å². The Hall–Kier alpha value is -1.89. The molecule has 0 aliphatic carbocycles. The lowest BCUT2D eigenvalue weighted by atomic mass is 10.1. The maximum Gasteiger partial charge on any atom is 0.242 e. The van der Waals surface area contributed by atoms with Crippen molar-refractivity contribution in [2.45, 2.75) is 17.7 Å². The highest BCUT2D eigenvalue weighted by Gasteiger charge is 2.17. The van der Waals surface area contributed by atoms with Gasteiger partial charge in [-0.2, -0.15) is 0 Å². The van der Waals surface area contributed by atoms with E-state index in [2.05, 4.69) is 5.32 Å². The van der Waals surface area contributed by atoms with Gasteiger partial charge in [0.1, 0.15) is 0 Å². The molecule has 0 fully saturated rings. The van der Waals surface area contributed by atoms with Crippen molar-refractivity contribution in [2.75, 3.05) is 19.4 Å². The average Bonchev–Trinajstić information content (AvgIpc) is 2.54. The molecule has 0 unspecified atom stereocenters. The normalized spacial score (nSPS) is 11.5. The van der Waals surface area contributed by atoms with Crippen molar-refractivity contribution in [1.29, 1.82) is 0 Å². The Kier molecular flexibility index (Phi) is 5.99. The van der Waals surface area contributed by atoms with Gasteiger partial charge in [0.25, 0.3) is 0 Å². The lowest BCUT2D eigenvalue weighted by Gasteiger charge is -2.12. The summed E-state index contributed by atoms with van der Waals surface area (Å²) in [6.45, 7) is 0. The van der Waals surface area contributed by atoms with E-state index in [0.29, 0.717) is 17.1 Å². The lowest BCUT2D eigenvalue weighted by Crippen LogP contribution is -2.22. The minimum Gasteiger partial charge on any atom is -0.326 e. The van der Waals surface area contributed by atoms with Crippen molar-refractivity contribution in [3.8, 4) is 0 Å². The summed E-state index contributed by atoms with van der Waals surface area (Å²) in [5, 5.41) is 3.35. The Bertz CT molecular complexity index is 835. The fraction of sp³-hybridized carbons (Fsp3) is 0.235. The summed E-state index contributed by atoms with van der Waals surface area (Å²) in [5.74, 6) is -0.200. The third-order valence-corrected chi connectivity index (χ3v) is 5.66. The summed E-state index contributed by atoms with van der Waals surface area (Å²) >= 11 is 6.07. The van der Waals surface area contributed by atoms with Crippen molar-refractivity contribution >= 4 is 33.2 Å². The molecule has 7 heteroatoms. The number of nitrogens with one attached hydrogen (secondary N) is 1. The predicted octanol–water partition coefficient (Wildman–Crippen LogP) is 3.16. The van der Waals surface area contributed by atoms with E-state index in [1.165, 1.54) is 26.2 Å². The van der Waals surface area contributed by atoms with Crippen molar-refractivity contribution < 1.29 is 13.2 Å². The molecule has 1 N–H and O–H groups in total. The number of halogens is 1. The molecule has 0 spiro atoms. The molecule has 0 radical (unpaired) electrons. The first-order valence-corrected chi connectivity index (χ1v) is 9.18. The molecule has 1 amide bonds. The molecule has 0 saturated heterocycles. The van der Waals surface area contributed by atoms with Crippen LogP contribution in [0.5, 0.6) is 0 Å². The third-order valence-electron chi connectivity index (χ3n) is 3.48. The maximum absolute atomic E-state index is 12.1. The molecule has 0 bridgehead atoms. The van der Waals surface area contributed by atoms with E-state index in [0.717, 1.165) is 9.87 Å². The van der Waals surface area contributed by atoms with E-state index in [4.69, 9.17) is 11.6 Å². The Labute approximate surface area is 147 Å². The SMILES string of the molecule is CN(C)S(=O)(=O)c1cccc(NC(=O)CCc2ccccc2Cl)c1. The molecular weight excluding hydrogens is 348 g/mol. The average molecular weight is 367 g/mol. The molecule has 2 rings (SSSR count). The Morgan fingerprint density at radius 2 is 1.83 bits per heavy atom. The summed E-state index contributed by atoms with van der Waals surface area (Å²) in [6, 6.07) is 13.6. The highest BCUT2D eigenvalue weighted by molar-refractivity contribution is 7.89. The molecule has 24 heavy (non-hydrogen) atoms. The zero-order valence-electron chi connectivity index (χ0n) is 13.5. The fourth-order valence-corrected chi connectivity index (χ4v) is 3.30. The molecule has 128 valence electrons. The van der Waals surface area contributed by atoms with Gasteiger partial charge in [0, 0.05) is 31.2 Å². The monoisotopic (exact) mass is 366 g/mol. The second kappa shape index (κ2) is 7.79. The zero-order chi connectivity index (χ0) is 17.7. The fourth-order valence-electron chi connectivity index (χ4n) is 2.12. The van der Waals surface area contributed by atoms with E-state index in [-0.39, 0.29) is 17.2 Å². The molecule has 0 atom stereocenters. The number of hydrogen-bond acceptors (Lipinski definition) is 3. The summed E-state index contributed by atoms with van der Waals surface area (Å²) in [4.78, 5) is 12.2. The number of benzene rings is 2. The first kappa shape index (κ1) is 18.4. The third kappa shape index (κ3) is 4.56. The van der Waals surface area contributed by atoms with Gasteiger partial charge in [-0.1, -0.05) is 35.9 Å². The van der Waals surface area contributed by atoms with Crippen molar-refractivity contribution in [2.24, 2.45) is 0 Å². The molecule has 0 aliphatic rings. The molecule has 2 aromatic rings. The lowest BCUT2D eigenvalue weighted by molar-refractivity contribution is -0.116. The molecule has 0 saturated carbocycles. The number of amides is 1. The second-order valence-corrected chi connectivity index (χ2v) is 8.01. The van der Waals surface area contributed by atoms with Crippen molar-refractivity contribution in [3.63, 3.8) is 0 Å². The number of hydrogen-bond donors (Lipinski definition) is 1. The minimum absolute atomic E-state index is 0.136. The Morgan fingerprint density at radius 3 is 2.50 bits per heavy atom. The van der Waals surface area contributed by atoms with Gasteiger partial charge in [0.15, 0.2) is 0 Å². The maximum atomic E-state index is 12.1. The van der Waals surface area contributed by atoms with Crippen LogP contribution in [0.3, 0.4) is 0 Å². The molecule has 0 aliphatic heterocycles. The van der Waals surface area contributed by atoms with E-state index in [9.17, 15) is 13.2 Å². The highest BCUT2D eigenvalue weighted by Crippen LogP contribution is 2.19. The van der Waals surface area contributed by atoms with Crippen LogP contribution in [0, 0.1) is 0 Å². The van der Waals surface area contributed by atoms with Crippen molar-refractivity contribution in [3.05, 3.63) is 59.1 Å². The van der Waals surface area contributed by atoms with Crippen LogP contribution in [0.15, 0.2) is 53.4 Å². The van der Waals surface area contributed by atoms with Gasteiger partial charge < -0.3 is 5.32 Å². The van der Waals surface area contributed by atoms with E-state index in [1.807, 2.05) is 18.2 Å². The van der Waals surface area contributed by atoms with Crippen LogP contribution in [-0.2, 0) is 21.2 Å². The van der Waals surface area contributed by atoms with Crippen molar-refractivity contribution in [1.82, 2.24) is 4.31 Å². The molecule has 0 heterocycles. The molecular formula is C17H19ClN2O3S. The zero-order valence-corrected chi connectivity index (χ0v) is 15.1. The van der Waals surface area contributed by atoms with Crippen LogP contribution in [-0.4, -0.2) is 32.7 Å². The minimum atomic E-state index is -3.53. The number of sulfonamides is 1. The smallest absolute Gasteiger partial charge is 0.242 e. The van der Waals surface area contributed by atoms with Gasteiger partial charge >= 0.3 is 0 Å². The van der Waals surface area contributed by atoms with Gasteiger partial charge in [0.2, 0.25) is 15.9 Å². The van der Waals surface area contributed by atoms with Gasteiger partial charge in [-0.15, -0.1) is 0 Å². The van der Waals surface area contributed by atoms with E-state index >= 15 is 0 Å². The van der Waals surface area contributed by atoms with Crippen LogP contribution in [0.4, 0.5) is 5.69 Å². The Morgan fingerprint density at radius 1 is 1.12 bits per heavy atom. The van der Waals surface area contributed by atoms with Crippen LogP contribution in [0.2, 0.25) is 5.02 Å². The predicted molar refractivity (Wildman–Crippen MR) is 95.7 cm³/mol. The largest absolute Gasteiger partial charge is 0.326 e. The summed E-state index contributed by atoms with van der Waals surface area (Å²) in [6.07, 6.45) is 0.773. The topological polar surface area (TPSA) is 66.5 Å². The summed E-state index contributed by atoms with van der Waals surface area (Å²) in [5.41, 5.74) is 1.35. The first-order valence-electron chi connectivity index (χ1n) is 7.36. The quantitative estimate of drug-likeness (QED) is 0.853. The summed E-state index contributed by atoms with van der Waals surface area (Å²) < 4.78 is 25.4. The van der Waals surface area contributed by atoms with Crippen LogP contribution >= 0.6 is 11.6 Å². The number of nitrogens with zero attached hydrogens (tertiary/aromatic N) is 1. The van der Waals surface area contributed by atoms with Gasteiger partial charge in [-0.05, 0) is 36.2 Å². The standard InChI is InChI=1S/C17H19ClN2O3S/c1-20(2)24(22,23)15-8-5-7-14(12-15)19-17(21)11-10-13-6-3-4-9-16(13)18/h3-9,12H,10-11H2,1-2H3,(H,19,21). The number of aryl methyl sites for hydroxylation is 1. The summed E-state index contributed by atoms with van der Waals surface area (Å²) in [7, 11) is -0.607. The molecule has 5 nitrogen and oxygen atoms in total. The second-order valence-electron chi connectivity index (χ2n) is 5.45. The number of carbonyl (C=O) groups excluding carboxylic acids is 1. The van der Waals surface area contributed by atoms with Crippen LogP contribution in [0.25, 0.3) is 0 Å². The number of rotatable bonds is 6. The Balaban J connectivity index is 2.04. The van der Waals surface area contributed by atoms with Gasteiger partial charge in [-0.25, -0.2) is 12.7 Å². The molecule has 2 aromatic carbocycles. The van der Waals surface area contributed by atoms with Gasteiger partial charge in [-0.3, -0.25) is 4.79 Å². The first-order chi connectivity index (χ1) is 11.3. The number of carbonyl (C=O) groups is 1. The van der Waals surface area contributed by atoms with E-state index < -0.39 is 10.0 Å². The van der Waals surface area contributed by atoms with Crippen LogP contribution < -0.4 is 5.32 Å². The van der Waals surface area contributed by atoms with Crippen LogP contribution in [0.1, 0.15) is 12.0 Å². The van der Waals surface area contributed by atoms with E-state index in [1.54, 1.807) is 18.2 Å².